The normalized spacial score (nSPS) is 25.8. The number of amides is 1. The molecule has 1 aromatic carbocycles. The molecule has 0 aliphatic carbocycles. The van der Waals surface area contributed by atoms with Crippen molar-refractivity contribution in [3.8, 4) is 0 Å². The Morgan fingerprint density at radius 2 is 1.97 bits per heavy atom. The molecule has 3 aliphatic rings. The Morgan fingerprint density at radius 1 is 1.28 bits per heavy atom. The van der Waals surface area contributed by atoms with E-state index in [2.05, 4.69) is 70.0 Å². The van der Waals surface area contributed by atoms with Crippen LogP contribution in [0.25, 0.3) is 0 Å². The number of hydrogen-bond donors (Lipinski definition) is 1. The van der Waals surface area contributed by atoms with Crippen LogP contribution in [-0.2, 0) is 20.4 Å². The van der Waals surface area contributed by atoms with Crippen LogP contribution in [0.15, 0.2) is 40.3 Å². The van der Waals surface area contributed by atoms with Crippen molar-refractivity contribution in [3.63, 3.8) is 0 Å². The summed E-state index contributed by atoms with van der Waals surface area (Å²) in [5.74, 6) is -1.38. The number of thioether (sulfide) groups is 2. The molecule has 0 saturated carbocycles. The Kier molecular flexibility index (Phi) is 8.36. The maximum absolute atomic E-state index is 13.3. The molecule has 4 atom stereocenters. The summed E-state index contributed by atoms with van der Waals surface area (Å²) in [4.78, 5) is 29.5. The lowest BCUT2D eigenvalue weighted by Gasteiger charge is -2.48. The van der Waals surface area contributed by atoms with Crippen molar-refractivity contribution in [2.45, 2.75) is 81.8 Å². The number of β-lactam (4-membered cyclic amide) rings is 1. The summed E-state index contributed by atoms with van der Waals surface area (Å²) in [7, 11) is -2.05. The fraction of sp³-hybridized carbons (Fsp3) is 0.630. The van der Waals surface area contributed by atoms with E-state index < -0.39 is 14.3 Å². The van der Waals surface area contributed by atoms with Gasteiger partial charge in [0, 0.05) is 18.3 Å². The Bertz CT molecular complexity index is 1010. The smallest absolute Gasteiger partial charge is 0.354 e. The molecule has 36 heavy (non-hydrogen) atoms. The summed E-state index contributed by atoms with van der Waals surface area (Å²) in [6, 6.07) is 10.5. The number of hydrogen-bond acceptors (Lipinski definition) is 6. The van der Waals surface area contributed by atoms with E-state index in [4.69, 9.17) is 4.43 Å². The molecular formula is C27H40N2O4S2Si. The average Bonchev–Trinajstić information content (AvgIpc) is 3.39. The number of likely N-dealkylation sites (tertiary alicyclic amines) is 1. The van der Waals surface area contributed by atoms with Crippen molar-refractivity contribution in [3.05, 3.63) is 45.8 Å². The number of carbonyl (C=O) groups excluding carboxylic acids is 1. The fourth-order valence-corrected chi connectivity index (χ4v) is 9.60. The van der Waals surface area contributed by atoms with Gasteiger partial charge < -0.3 is 14.4 Å². The second-order valence-corrected chi connectivity index (χ2v) is 19.0. The summed E-state index contributed by atoms with van der Waals surface area (Å²) < 4.78 is 7.47. The van der Waals surface area contributed by atoms with Gasteiger partial charge in [0.25, 0.3) is 0 Å². The summed E-state index contributed by atoms with van der Waals surface area (Å²) in [6.07, 6.45) is 2.63. The van der Waals surface area contributed by atoms with E-state index in [1.807, 2.05) is 6.07 Å². The van der Waals surface area contributed by atoms with Crippen LogP contribution in [0.3, 0.4) is 0 Å². The first kappa shape index (κ1) is 27.8. The van der Waals surface area contributed by atoms with Gasteiger partial charge in [0.05, 0.1) is 16.3 Å². The van der Waals surface area contributed by atoms with Crippen molar-refractivity contribution in [2.75, 3.05) is 19.6 Å². The lowest BCUT2D eigenvalue weighted by atomic mass is 9.90. The predicted octanol–water partition coefficient (Wildman–Crippen LogP) is 5.62. The van der Waals surface area contributed by atoms with Gasteiger partial charge in [0.2, 0.25) is 5.91 Å². The first-order valence-electron chi connectivity index (χ1n) is 13.0. The number of carbonyl (C=O) groups is 2. The van der Waals surface area contributed by atoms with E-state index >= 15 is 0 Å². The van der Waals surface area contributed by atoms with Crippen molar-refractivity contribution >= 4 is 43.7 Å². The van der Waals surface area contributed by atoms with Crippen LogP contribution in [0.5, 0.6) is 0 Å². The van der Waals surface area contributed by atoms with E-state index in [9.17, 15) is 14.7 Å². The molecule has 0 radical (unpaired) electrons. The average molecular weight is 549 g/mol. The molecule has 0 spiro atoms. The van der Waals surface area contributed by atoms with Gasteiger partial charge in [-0.05, 0) is 49.5 Å². The van der Waals surface area contributed by atoms with Gasteiger partial charge in [-0.2, -0.15) is 0 Å². The zero-order chi connectivity index (χ0) is 26.3. The van der Waals surface area contributed by atoms with E-state index in [-0.39, 0.29) is 34.0 Å². The number of rotatable bonds is 10. The standard InChI is InChI=1S/C27H40N2O4S2Si/c1-7-20(33-36(5,6)27(2,3)4)21-23(30)29-22(25(31)32)26(35-24(21)29)34-19-14-16-28(17-19)15-13-18-11-9-8-10-12-18/h8-12,19-21,24H,7,13-17H2,1-6H3,(H,31,32)/t19-,20-,21+,24+/m0/s1. The summed E-state index contributed by atoms with van der Waals surface area (Å²) in [5, 5.41) is 10.2. The maximum Gasteiger partial charge on any atom is 0.354 e. The quantitative estimate of drug-likeness (QED) is 0.300. The number of benzene rings is 1. The number of aliphatic carboxylic acids is 1. The fourth-order valence-electron chi connectivity index (χ4n) is 4.88. The molecule has 3 heterocycles. The van der Waals surface area contributed by atoms with Gasteiger partial charge in [0.15, 0.2) is 14.0 Å². The van der Waals surface area contributed by atoms with Crippen LogP contribution in [0.4, 0.5) is 0 Å². The molecule has 3 aliphatic heterocycles. The van der Waals surface area contributed by atoms with E-state index in [0.717, 1.165) is 43.1 Å². The predicted molar refractivity (Wildman–Crippen MR) is 151 cm³/mol. The molecule has 1 aromatic rings. The van der Waals surface area contributed by atoms with Crippen LogP contribution in [0.1, 0.15) is 46.1 Å². The van der Waals surface area contributed by atoms with Crippen LogP contribution in [0, 0.1) is 5.92 Å². The second kappa shape index (κ2) is 10.8. The molecule has 0 unspecified atom stereocenters. The lowest BCUT2D eigenvalue weighted by Crippen LogP contribution is -2.63. The molecule has 2 fully saturated rings. The number of fused-ring (bicyclic) bond motifs is 1. The summed E-state index contributed by atoms with van der Waals surface area (Å²) >= 11 is 3.23. The van der Waals surface area contributed by atoms with E-state index in [1.165, 1.54) is 10.5 Å². The minimum Gasteiger partial charge on any atom is -0.477 e. The summed E-state index contributed by atoms with van der Waals surface area (Å²) in [5.41, 5.74) is 1.52. The minimum atomic E-state index is -2.05. The molecule has 198 valence electrons. The second-order valence-electron chi connectivity index (χ2n) is 11.6. The van der Waals surface area contributed by atoms with Crippen LogP contribution in [0.2, 0.25) is 18.1 Å². The zero-order valence-electron chi connectivity index (χ0n) is 22.3. The highest BCUT2D eigenvalue weighted by Gasteiger charge is 2.59. The number of carboxylic acids is 1. The maximum atomic E-state index is 13.3. The zero-order valence-corrected chi connectivity index (χ0v) is 25.0. The lowest BCUT2D eigenvalue weighted by molar-refractivity contribution is -0.156. The molecule has 0 bridgehead atoms. The third-order valence-electron chi connectivity index (χ3n) is 8.07. The number of carboxylic acid groups (broad SMARTS) is 1. The highest BCUT2D eigenvalue weighted by atomic mass is 32.2. The topological polar surface area (TPSA) is 70.1 Å². The largest absolute Gasteiger partial charge is 0.477 e. The number of nitrogens with zero attached hydrogens (tertiary/aromatic N) is 2. The molecule has 0 aromatic heterocycles. The Hall–Kier alpha value is -1.26. The van der Waals surface area contributed by atoms with E-state index in [1.54, 1.807) is 23.5 Å². The van der Waals surface area contributed by atoms with Gasteiger partial charge >= 0.3 is 5.97 Å². The van der Waals surface area contributed by atoms with Crippen molar-refractivity contribution < 1.29 is 19.1 Å². The van der Waals surface area contributed by atoms with Gasteiger partial charge in [-0.1, -0.05) is 69.8 Å². The Balaban J connectivity index is 1.40. The first-order valence-corrected chi connectivity index (χ1v) is 17.7. The van der Waals surface area contributed by atoms with Crippen molar-refractivity contribution in [2.24, 2.45) is 5.92 Å². The van der Waals surface area contributed by atoms with Gasteiger partial charge in [-0.15, -0.1) is 11.8 Å². The minimum absolute atomic E-state index is 0.0517. The molecule has 4 rings (SSSR count). The first-order chi connectivity index (χ1) is 16.9. The van der Waals surface area contributed by atoms with Gasteiger partial charge in [-0.25, -0.2) is 4.79 Å². The molecule has 6 nitrogen and oxygen atoms in total. The SMILES string of the molecule is CC[C@H](O[Si](C)(C)C(C)(C)C)[C@@H]1C(=O)N2C(C(=O)O)=C(S[C@H]3CCN(CCc4ccccc4)C3)S[C@H]12. The third kappa shape index (κ3) is 5.60. The molecular weight excluding hydrogens is 509 g/mol. The molecule has 2 saturated heterocycles. The molecule has 1 amide bonds. The van der Waals surface area contributed by atoms with Crippen LogP contribution >= 0.6 is 23.5 Å². The molecule has 1 N–H and O–H groups in total. The van der Waals surface area contributed by atoms with Crippen LogP contribution < -0.4 is 0 Å². The monoisotopic (exact) mass is 548 g/mol. The Morgan fingerprint density at radius 3 is 2.58 bits per heavy atom. The molecule has 9 heteroatoms. The van der Waals surface area contributed by atoms with Crippen molar-refractivity contribution in [1.82, 2.24) is 9.80 Å². The van der Waals surface area contributed by atoms with Crippen molar-refractivity contribution in [1.29, 1.82) is 0 Å². The van der Waals surface area contributed by atoms with Gasteiger partial charge in [0.1, 0.15) is 5.37 Å². The Labute approximate surface area is 225 Å². The highest BCUT2D eigenvalue weighted by molar-refractivity contribution is 8.23. The van der Waals surface area contributed by atoms with Gasteiger partial charge in [-0.3, -0.25) is 9.69 Å². The van der Waals surface area contributed by atoms with Crippen LogP contribution in [-0.4, -0.2) is 71.5 Å². The third-order valence-corrected chi connectivity index (χ3v) is 15.4. The highest BCUT2D eigenvalue weighted by Crippen LogP contribution is 2.56. The van der Waals surface area contributed by atoms with E-state index in [0.29, 0.717) is 5.25 Å². The summed E-state index contributed by atoms with van der Waals surface area (Å²) in [6.45, 7) is 16.1.